The van der Waals surface area contributed by atoms with Crippen molar-refractivity contribution < 1.29 is 95.0 Å². The zero-order valence-electron chi connectivity index (χ0n) is 10.2. The molecule has 0 heterocycles. The first-order chi connectivity index (χ1) is 6.93. The van der Waals surface area contributed by atoms with E-state index < -0.39 is 20.3 Å². The van der Waals surface area contributed by atoms with Crippen molar-refractivity contribution in [3.8, 4) is 0 Å². The van der Waals surface area contributed by atoms with Gasteiger partial charge in [-0.1, -0.05) is 0 Å². The molecule has 0 saturated carbocycles. The third-order valence-electron chi connectivity index (χ3n) is 0. The van der Waals surface area contributed by atoms with E-state index in [9.17, 15) is 0 Å². The van der Waals surface area contributed by atoms with Crippen molar-refractivity contribution in [1.29, 1.82) is 0 Å². The molecule has 12 N–H and O–H groups in total. The van der Waals surface area contributed by atoms with Crippen LogP contribution in [0.5, 0.6) is 0 Å². The van der Waals surface area contributed by atoms with Gasteiger partial charge in [-0.2, -0.15) is 0 Å². The molecule has 144 valence electrons. The van der Waals surface area contributed by atoms with E-state index in [0.29, 0.717) is 0 Å². The van der Waals surface area contributed by atoms with Crippen LogP contribution in [0.4, 0.5) is 0 Å². The van der Waals surface area contributed by atoms with Gasteiger partial charge in [0.05, 0.1) is 20.3 Å². The van der Waals surface area contributed by atoms with E-state index in [1.165, 1.54) is 0 Å². The molecular formula is H12CeN4O18. The Balaban J connectivity index is -0.00000000842. The van der Waals surface area contributed by atoms with E-state index in [1.54, 1.807) is 0 Å². The molecule has 0 amide bonds. The van der Waals surface area contributed by atoms with Gasteiger partial charge in [0.2, 0.25) is 0 Å². The fraction of sp³-hybridized carbons (Fsp3) is 0. The fourth-order valence-electron chi connectivity index (χ4n) is 0. The molecule has 23 heteroatoms. The molecule has 0 bridgehead atoms. The summed E-state index contributed by atoms with van der Waals surface area (Å²) in [4.78, 5) is 33.0. The summed E-state index contributed by atoms with van der Waals surface area (Å²) in [5.41, 5.74) is 0. The minimum Gasteiger partial charge on any atom is -0.412 e. The van der Waals surface area contributed by atoms with Crippen LogP contribution in [-0.2, 0) is 0 Å². The van der Waals surface area contributed by atoms with E-state index >= 15 is 0 Å². The Morgan fingerprint density at radius 3 is 0.348 bits per heavy atom. The maximum Gasteiger partial charge on any atom is 4.00 e. The Morgan fingerprint density at radius 1 is 0.348 bits per heavy atom. The standard InChI is InChI=1S/Ce.4NO3.6H2O/c;4*2-1(3)4;;;;;;/h;;;;;6*1H2/q+4;4*-1;;;;;;. The van der Waals surface area contributed by atoms with Crippen LogP contribution in [0.2, 0.25) is 0 Å². The molecule has 0 saturated heterocycles. The fourth-order valence-corrected chi connectivity index (χ4v) is 0. The molecular weight excluding hydrogens is 484 g/mol. The van der Waals surface area contributed by atoms with Crippen LogP contribution < -0.4 is 0 Å². The Hall–Kier alpha value is -2.06. The monoisotopic (exact) mass is 496 g/mol. The predicted molar refractivity (Wildman–Crippen MR) is 63.1 cm³/mol. The maximum absolute atomic E-state index is 8.25. The topological polar surface area (TPSA) is 454 Å². The second-order valence-corrected chi connectivity index (χ2v) is 0.894. The van der Waals surface area contributed by atoms with E-state index in [2.05, 4.69) is 0 Å². The maximum atomic E-state index is 8.25. The van der Waals surface area contributed by atoms with Crippen molar-refractivity contribution in [2.24, 2.45) is 0 Å². The quantitative estimate of drug-likeness (QED) is 0.223. The van der Waals surface area contributed by atoms with E-state index in [1.807, 2.05) is 0 Å². The van der Waals surface area contributed by atoms with Gasteiger partial charge in [-0.05, 0) is 0 Å². The van der Waals surface area contributed by atoms with E-state index in [-0.39, 0.29) is 74.6 Å². The van der Waals surface area contributed by atoms with Crippen LogP contribution >= 0.6 is 0 Å². The van der Waals surface area contributed by atoms with Crippen LogP contribution in [0.25, 0.3) is 0 Å². The molecule has 0 radical (unpaired) electrons. The second kappa shape index (κ2) is 72.4. The smallest absolute Gasteiger partial charge is 0.412 e. The van der Waals surface area contributed by atoms with Gasteiger partial charge < -0.3 is 94.1 Å². The van der Waals surface area contributed by atoms with Gasteiger partial charge >= 0.3 is 41.7 Å². The zero-order valence-corrected chi connectivity index (χ0v) is 13.3. The summed E-state index contributed by atoms with van der Waals surface area (Å²) in [6.07, 6.45) is 0. The first-order valence-corrected chi connectivity index (χ1v) is 2.19. The molecule has 0 aromatic rings. The second-order valence-electron chi connectivity index (χ2n) is 0.894. The minimum atomic E-state index is -1.75. The number of nitrogens with zero attached hydrogens (tertiary/aromatic N) is 4. The summed E-state index contributed by atoms with van der Waals surface area (Å²) in [7, 11) is 0. The molecule has 0 unspecified atom stereocenters. The molecule has 0 atom stereocenters. The zero-order chi connectivity index (χ0) is 14.3. The average Bonchev–Trinajstić information content (AvgIpc) is 1.76. The third kappa shape index (κ3) is 1510. The van der Waals surface area contributed by atoms with Crippen molar-refractivity contribution >= 4 is 0 Å². The molecule has 0 aromatic carbocycles. The average molecular weight is 496 g/mol. The molecule has 23 heavy (non-hydrogen) atoms. The number of hydrogen-bond donors (Lipinski definition) is 0. The first-order valence-electron chi connectivity index (χ1n) is 2.19. The summed E-state index contributed by atoms with van der Waals surface area (Å²) in [6, 6.07) is 0. The van der Waals surface area contributed by atoms with Crippen molar-refractivity contribution in [3.05, 3.63) is 61.3 Å². The summed E-state index contributed by atoms with van der Waals surface area (Å²) in [5, 5.41) is 59.0. The van der Waals surface area contributed by atoms with Crippen LogP contribution in [0, 0.1) is 103 Å². The van der Waals surface area contributed by atoms with Gasteiger partial charge in [-0.3, -0.25) is 0 Å². The van der Waals surface area contributed by atoms with Crippen LogP contribution in [0.3, 0.4) is 0 Å². The minimum absolute atomic E-state index is 0. The van der Waals surface area contributed by atoms with Gasteiger partial charge in [-0.15, -0.1) is 0 Å². The van der Waals surface area contributed by atoms with Crippen molar-refractivity contribution in [2.45, 2.75) is 0 Å². The molecule has 0 aromatic heterocycles. The van der Waals surface area contributed by atoms with Gasteiger partial charge in [0.25, 0.3) is 0 Å². The Bertz CT molecular complexity index is 161. The predicted octanol–water partition coefficient (Wildman–Crippen LogP) is -5.90. The van der Waals surface area contributed by atoms with E-state index in [0.717, 1.165) is 0 Å². The van der Waals surface area contributed by atoms with Gasteiger partial charge in [-0.25, -0.2) is 0 Å². The van der Waals surface area contributed by atoms with Crippen molar-refractivity contribution in [3.63, 3.8) is 0 Å². The van der Waals surface area contributed by atoms with Gasteiger partial charge in [0.15, 0.2) is 0 Å². The molecule has 0 spiro atoms. The summed E-state index contributed by atoms with van der Waals surface area (Å²) < 4.78 is 0. The van der Waals surface area contributed by atoms with E-state index in [4.69, 9.17) is 61.3 Å². The molecule has 0 aliphatic carbocycles. The number of hydrogen-bond acceptors (Lipinski definition) is 12. The largest absolute Gasteiger partial charge is 4.00 e. The summed E-state index contributed by atoms with van der Waals surface area (Å²) >= 11 is 0. The molecule has 0 fully saturated rings. The molecule has 0 aliphatic heterocycles. The SMILES string of the molecule is O.O.O.O.O.O.O=[N+]([O-])[O-].O=[N+]([O-])[O-].O=[N+]([O-])[O-].O=[N+]([O-])[O-].[Ce+4]. The van der Waals surface area contributed by atoms with Crippen LogP contribution in [0.1, 0.15) is 0 Å². The number of rotatable bonds is 0. The van der Waals surface area contributed by atoms with Crippen molar-refractivity contribution in [2.75, 3.05) is 0 Å². The van der Waals surface area contributed by atoms with Gasteiger partial charge in [0, 0.05) is 0 Å². The summed E-state index contributed by atoms with van der Waals surface area (Å²) in [5.74, 6) is 0. The normalized spacial score (nSPS) is 4.17. The molecule has 22 nitrogen and oxygen atoms in total. The molecule has 0 aliphatic rings. The third-order valence-corrected chi connectivity index (χ3v) is 0. The Kier molecular flexibility index (Phi) is 265. The van der Waals surface area contributed by atoms with Crippen LogP contribution in [0.15, 0.2) is 0 Å². The van der Waals surface area contributed by atoms with Gasteiger partial charge in [0.1, 0.15) is 0 Å². The Labute approximate surface area is 156 Å². The Morgan fingerprint density at radius 2 is 0.348 bits per heavy atom. The first kappa shape index (κ1) is 84.3. The van der Waals surface area contributed by atoms with Crippen molar-refractivity contribution in [1.82, 2.24) is 0 Å². The summed E-state index contributed by atoms with van der Waals surface area (Å²) in [6.45, 7) is 0. The molecule has 0 rings (SSSR count). The van der Waals surface area contributed by atoms with Crippen LogP contribution in [-0.4, -0.2) is 53.2 Å².